The number of Topliss-reactive ketones (excluding diaryl/α,β-unsaturated/α-hetero) is 1. The first-order valence-corrected chi connectivity index (χ1v) is 6.54. The van der Waals surface area contributed by atoms with E-state index >= 15 is 0 Å². The molecule has 16 heavy (non-hydrogen) atoms. The van der Waals surface area contributed by atoms with Crippen molar-refractivity contribution < 1.29 is 4.79 Å². The highest BCUT2D eigenvalue weighted by Gasteiger charge is 2.62. The molecule has 0 amide bonds. The Morgan fingerprint density at radius 3 is 2.56 bits per heavy atom. The highest BCUT2D eigenvalue weighted by atomic mass is 16.1. The predicted octanol–water partition coefficient (Wildman–Crippen LogP) is 3.59. The standard InChI is InChI=1S/C15H22O/c1-9-5-10-6-14(2,3)7-11(10)15(4)8-12(16)13(9)15/h10-11,13H,1,5-8H2,2-4H3/t10-,11+,13-,15-/m0/s1. The lowest BCUT2D eigenvalue weighted by molar-refractivity contribution is -0.148. The van der Waals surface area contributed by atoms with Crippen molar-refractivity contribution >= 4 is 5.78 Å². The Balaban J connectivity index is 1.96. The van der Waals surface area contributed by atoms with Crippen LogP contribution in [0.2, 0.25) is 0 Å². The van der Waals surface area contributed by atoms with Crippen LogP contribution in [0.4, 0.5) is 0 Å². The van der Waals surface area contributed by atoms with Crippen LogP contribution in [0, 0.1) is 28.6 Å². The molecular formula is C15H22O. The Bertz CT molecular complexity index is 379. The molecule has 3 rings (SSSR count). The molecule has 3 saturated carbocycles. The zero-order valence-corrected chi connectivity index (χ0v) is 10.7. The zero-order valence-electron chi connectivity index (χ0n) is 10.7. The number of carbonyl (C=O) groups is 1. The molecule has 1 nitrogen and oxygen atoms in total. The van der Waals surface area contributed by atoms with Crippen LogP contribution in [-0.4, -0.2) is 5.78 Å². The van der Waals surface area contributed by atoms with E-state index in [0.717, 1.165) is 24.7 Å². The van der Waals surface area contributed by atoms with E-state index in [0.29, 0.717) is 11.2 Å². The van der Waals surface area contributed by atoms with Crippen LogP contribution < -0.4 is 0 Å². The maximum Gasteiger partial charge on any atom is 0.141 e. The van der Waals surface area contributed by atoms with Gasteiger partial charge in [0.05, 0.1) is 0 Å². The van der Waals surface area contributed by atoms with E-state index < -0.39 is 0 Å². The first-order chi connectivity index (χ1) is 7.33. The van der Waals surface area contributed by atoms with Crippen LogP contribution in [0.15, 0.2) is 12.2 Å². The molecule has 0 bridgehead atoms. The number of hydrogen-bond donors (Lipinski definition) is 0. The minimum absolute atomic E-state index is 0.211. The van der Waals surface area contributed by atoms with Crippen LogP contribution in [0.3, 0.4) is 0 Å². The van der Waals surface area contributed by atoms with Crippen LogP contribution >= 0.6 is 0 Å². The average Bonchev–Trinajstić information content (AvgIpc) is 2.38. The van der Waals surface area contributed by atoms with E-state index in [2.05, 4.69) is 27.4 Å². The van der Waals surface area contributed by atoms with Crippen LogP contribution in [0.25, 0.3) is 0 Å². The molecular weight excluding hydrogens is 196 g/mol. The van der Waals surface area contributed by atoms with E-state index in [1.54, 1.807) is 0 Å². The Morgan fingerprint density at radius 1 is 1.25 bits per heavy atom. The molecule has 0 heterocycles. The minimum atomic E-state index is 0.211. The molecule has 0 saturated heterocycles. The fourth-order valence-electron chi connectivity index (χ4n) is 4.99. The monoisotopic (exact) mass is 218 g/mol. The molecule has 4 atom stereocenters. The summed E-state index contributed by atoms with van der Waals surface area (Å²) in [5.41, 5.74) is 1.98. The average molecular weight is 218 g/mol. The fraction of sp³-hybridized carbons (Fsp3) is 0.800. The third-order valence-corrected chi connectivity index (χ3v) is 5.47. The smallest absolute Gasteiger partial charge is 0.141 e. The zero-order chi connectivity index (χ0) is 11.7. The molecule has 3 fully saturated rings. The molecule has 88 valence electrons. The first-order valence-electron chi connectivity index (χ1n) is 6.54. The van der Waals surface area contributed by atoms with Crippen LogP contribution in [-0.2, 0) is 4.79 Å². The lowest BCUT2D eigenvalue weighted by Crippen LogP contribution is -2.55. The van der Waals surface area contributed by atoms with Crippen LogP contribution in [0.5, 0.6) is 0 Å². The van der Waals surface area contributed by atoms with Gasteiger partial charge >= 0.3 is 0 Å². The summed E-state index contributed by atoms with van der Waals surface area (Å²) in [6, 6.07) is 0. The third kappa shape index (κ3) is 1.15. The maximum atomic E-state index is 11.8. The normalized spacial score (nSPS) is 49.6. The van der Waals surface area contributed by atoms with Crippen molar-refractivity contribution in [1.29, 1.82) is 0 Å². The van der Waals surface area contributed by atoms with Gasteiger partial charge in [0, 0.05) is 12.3 Å². The molecule has 0 aromatic heterocycles. The topological polar surface area (TPSA) is 17.1 Å². The number of ketones is 1. The number of hydrogen-bond acceptors (Lipinski definition) is 1. The summed E-state index contributed by atoms with van der Waals surface area (Å²) in [6.07, 6.45) is 4.56. The van der Waals surface area contributed by atoms with Gasteiger partial charge in [-0.25, -0.2) is 0 Å². The van der Waals surface area contributed by atoms with Gasteiger partial charge in [-0.05, 0) is 41.9 Å². The molecule has 0 radical (unpaired) electrons. The van der Waals surface area contributed by atoms with E-state index in [4.69, 9.17) is 0 Å². The van der Waals surface area contributed by atoms with Gasteiger partial charge in [0.2, 0.25) is 0 Å². The van der Waals surface area contributed by atoms with Gasteiger partial charge in [-0.3, -0.25) is 4.79 Å². The van der Waals surface area contributed by atoms with Crippen LogP contribution in [0.1, 0.15) is 46.5 Å². The maximum absolute atomic E-state index is 11.8. The second-order valence-corrected chi connectivity index (χ2v) is 7.38. The summed E-state index contributed by atoms with van der Waals surface area (Å²) in [5.74, 6) is 2.24. The lowest BCUT2D eigenvalue weighted by Gasteiger charge is -2.56. The number of rotatable bonds is 0. The summed E-state index contributed by atoms with van der Waals surface area (Å²) in [4.78, 5) is 11.8. The molecule has 0 unspecified atom stereocenters. The molecule has 0 spiro atoms. The molecule has 1 heteroatoms. The summed E-state index contributed by atoms with van der Waals surface area (Å²) in [7, 11) is 0. The molecule has 0 N–H and O–H groups in total. The van der Waals surface area contributed by atoms with E-state index in [9.17, 15) is 4.79 Å². The number of carbonyl (C=O) groups excluding carboxylic acids is 1. The van der Waals surface area contributed by atoms with Gasteiger partial charge in [-0.2, -0.15) is 0 Å². The van der Waals surface area contributed by atoms with Crippen molar-refractivity contribution in [3.8, 4) is 0 Å². The van der Waals surface area contributed by atoms with E-state index in [1.165, 1.54) is 18.4 Å². The lowest BCUT2D eigenvalue weighted by atomic mass is 9.46. The Labute approximate surface area is 98.3 Å². The SMILES string of the molecule is C=C1C[C@H]2CC(C)(C)C[C@H]2[C@]2(C)CC(=O)[C@H]12. The molecule has 3 aliphatic rings. The summed E-state index contributed by atoms with van der Waals surface area (Å²) < 4.78 is 0. The molecule has 0 aliphatic heterocycles. The predicted molar refractivity (Wildman–Crippen MR) is 65.0 cm³/mol. The van der Waals surface area contributed by atoms with Crippen molar-refractivity contribution in [2.75, 3.05) is 0 Å². The molecule has 3 aliphatic carbocycles. The Hall–Kier alpha value is -0.590. The summed E-state index contributed by atoms with van der Waals surface area (Å²) in [5, 5.41) is 0. The second-order valence-electron chi connectivity index (χ2n) is 7.38. The van der Waals surface area contributed by atoms with Crippen molar-refractivity contribution in [2.45, 2.75) is 46.5 Å². The summed E-state index contributed by atoms with van der Waals surface area (Å²) >= 11 is 0. The highest BCUT2D eigenvalue weighted by Crippen LogP contribution is 2.66. The Morgan fingerprint density at radius 2 is 1.94 bits per heavy atom. The van der Waals surface area contributed by atoms with Gasteiger partial charge in [0.1, 0.15) is 5.78 Å². The number of allylic oxidation sites excluding steroid dienone is 1. The molecule has 0 aromatic rings. The van der Waals surface area contributed by atoms with Crippen molar-refractivity contribution in [1.82, 2.24) is 0 Å². The van der Waals surface area contributed by atoms with Crippen molar-refractivity contribution in [3.63, 3.8) is 0 Å². The Kier molecular flexibility index (Phi) is 1.85. The van der Waals surface area contributed by atoms with E-state index in [1.807, 2.05) is 0 Å². The van der Waals surface area contributed by atoms with Crippen molar-refractivity contribution in [2.24, 2.45) is 28.6 Å². The quantitative estimate of drug-likeness (QED) is 0.568. The highest BCUT2D eigenvalue weighted by molar-refractivity contribution is 5.92. The molecule has 0 aromatic carbocycles. The number of fused-ring (bicyclic) bond motifs is 3. The second kappa shape index (κ2) is 2.80. The fourth-order valence-corrected chi connectivity index (χ4v) is 4.99. The summed E-state index contributed by atoms with van der Waals surface area (Å²) in [6.45, 7) is 11.3. The van der Waals surface area contributed by atoms with Gasteiger partial charge < -0.3 is 0 Å². The first kappa shape index (κ1) is 10.6. The van der Waals surface area contributed by atoms with Gasteiger partial charge in [0.25, 0.3) is 0 Å². The third-order valence-electron chi connectivity index (χ3n) is 5.47. The van der Waals surface area contributed by atoms with Gasteiger partial charge in [0.15, 0.2) is 0 Å². The largest absolute Gasteiger partial charge is 0.299 e. The van der Waals surface area contributed by atoms with Gasteiger partial charge in [-0.1, -0.05) is 32.9 Å². The van der Waals surface area contributed by atoms with Gasteiger partial charge in [-0.15, -0.1) is 0 Å². The van der Waals surface area contributed by atoms with Crippen molar-refractivity contribution in [3.05, 3.63) is 12.2 Å². The van der Waals surface area contributed by atoms with E-state index in [-0.39, 0.29) is 11.3 Å². The minimum Gasteiger partial charge on any atom is -0.299 e.